The largest absolute Gasteiger partial charge is 0.439 e. The Morgan fingerprint density at radius 1 is 0.903 bits per heavy atom. The number of hydrogen-bond donors (Lipinski definition) is 1. The van der Waals surface area contributed by atoms with Crippen LogP contribution in [0, 0.1) is 27.7 Å². The van der Waals surface area contributed by atoms with Crippen molar-refractivity contribution in [2.24, 2.45) is 0 Å². The van der Waals surface area contributed by atoms with Crippen LogP contribution in [-0.4, -0.2) is 25.7 Å². The number of rotatable bonds is 5. The molecule has 2 heterocycles. The van der Waals surface area contributed by atoms with Crippen molar-refractivity contribution in [3.8, 4) is 17.4 Å². The van der Waals surface area contributed by atoms with Gasteiger partial charge in [0.1, 0.15) is 12.1 Å². The van der Waals surface area contributed by atoms with Crippen molar-refractivity contribution < 1.29 is 9.53 Å². The molecule has 0 spiro atoms. The molecule has 0 saturated heterocycles. The normalized spacial score (nSPS) is 10.7. The van der Waals surface area contributed by atoms with Crippen LogP contribution in [0.25, 0.3) is 5.82 Å². The van der Waals surface area contributed by atoms with Gasteiger partial charge in [-0.15, -0.1) is 0 Å². The van der Waals surface area contributed by atoms with Gasteiger partial charge in [-0.1, -0.05) is 17.2 Å². The maximum absolute atomic E-state index is 12.5. The lowest BCUT2D eigenvalue weighted by atomic mass is 10.1. The zero-order valence-corrected chi connectivity index (χ0v) is 17.9. The topological polar surface area (TPSA) is 81.9 Å². The molecule has 0 aliphatic heterocycles. The summed E-state index contributed by atoms with van der Waals surface area (Å²) in [4.78, 5) is 21.0. The van der Waals surface area contributed by atoms with Crippen LogP contribution in [-0.2, 0) is 0 Å². The highest BCUT2D eigenvalue weighted by Gasteiger charge is 2.10. The molecular weight excluding hydrogens is 390 g/mol. The van der Waals surface area contributed by atoms with Crippen LogP contribution in [0.15, 0.2) is 60.9 Å². The monoisotopic (exact) mass is 413 g/mol. The highest BCUT2D eigenvalue weighted by atomic mass is 16.5. The number of nitrogens with zero attached hydrogens (tertiary/aromatic N) is 4. The Hall–Kier alpha value is -4.00. The Bertz CT molecular complexity index is 1230. The van der Waals surface area contributed by atoms with E-state index in [0.717, 1.165) is 22.5 Å². The number of nitrogens with one attached hydrogen (secondary N) is 1. The third-order valence-electron chi connectivity index (χ3n) is 4.67. The molecule has 0 saturated carbocycles. The Kier molecular flexibility index (Phi) is 5.49. The van der Waals surface area contributed by atoms with Crippen LogP contribution in [0.2, 0.25) is 0 Å². The second-order valence-corrected chi connectivity index (χ2v) is 7.51. The van der Waals surface area contributed by atoms with Crippen LogP contribution >= 0.6 is 0 Å². The molecule has 156 valence electrons. The summed E-state index contributed by atoms with van der Waals surface area (Å²) in [6, 6.07) is 16.6. The fourth-order valence-electron chi connectivity index (χ4n) is 3.40. The lowest BCUT2D eigenvalue weighted by Crippen LogP contribution is -2.12. The molecule has 0 bridgehead atoms. The van der Waals surface area contributed by atoms with E-state index in [1.807, 2.05) is 52.0 Å². The molecule has 0 aliphatic carbocycles. The molecule has 1 N–H and O–H groups in total. The predicted octanol–water partition coefficient (Wildman–Crippen LogP) is 4.94. The summed E-state index contributed by atoms with van der Waals surface area (Å²) in [5.74, 6) is 1.49. The third kappa shape index (κ3) is 4.78. The number of hydrogen-bond acceptors (Lipinski definition) is 5. The first-order valence-electron chi connectivity index (χ1n) is 9.90. The summed E-state index contributed by atoms with van der Waals surface area (Å²) >= 11 is 0. The Morgan fingerprint density at radius 3 is 2.26 bits per heavy atom. The number of anilines is 1. The van der Waals surface area contributed by atoms with E-state index in [9.17, 15) is 4.79 Å². The zero-order chi connectivity index (χ0) is 22.0. The molecule has 0 unspecified atom stereocenters. The molecule has 0 radical (unpaired) electrons. The molecule has 0 aliphatic rings. The third-order valence-corrected chi connectivity index (χ3v) is 4.67. The van der Waals surface area contributed by atoms with Crippen molar-refractivity contribution in [3.05, 3.63) is 89.0 Å². The van der Waals surface area contributed by atoms with Gasteiger partial charge in [0, 0.05) is 23.0 Å². The summed E-state index contributed by atoms with van der Waals surface area (Å²) in [6.45, 7) is 7.85. The van der Waals surface area contributed by atoms with Crippen LogP contribution < -0.4 is 10.1 Å². The summed E-state index contributed by atoms with van der Waals surface area (Å²) in [6.07, 6.45) is 1.44. The maximum Gasteiger partial charge on any atom is 0.255 e. The molecule has 1 amide bonds. The summed E-state index contributed by atoms with van der Waals surface area (Å²) in [5, 5.41) is 7.35. The van der Waals surface area contributed by atoms with E-state index in [0.29, 0.717) is 28.7 Å². The van der Waals surface area contributed by atoms with Crippen molar-refractivity contribution in [1.82, 2.24) is 19.7 Å². The first-order valence-corrected chi connectivity index (χ1v) is 9.90. The molecule has 4 rings (SSSR count). The van der Waals surface area contributed by atoms with E-state index in [-0.39, 0.29) is 5.91 Å². The minimum atomic E-state index is -0.147. The van der Waals surface area contributed by atoms with E-state index >= 15 is 0 Å². The van der Waals surface area contributed by atoms with Crippen LogP contribution in [0.1, 0.15) is 32.9 Å². The van der Waals surface area contributed by atoms with E-state index < -0.39 is 0 Å². The Labute approximate surface area is 180 Å². The Balaban J connectivity index is 1.46. The lowest BCUT2D eigenvalue weighted by Gasteiger charge is -2.09. The summed E-state index contributed by atoms with van der Waals surface area (Å²) < 4.78 is 7.60. The second-order valence-electron chi connectivity index (χ2n) is 7.51. The van der Waals surface area contributed by atoms with Crippen molar-refractivity contribution in [3.63, 3.8) is 0 Å². The number of benzene rings is 2. The van der Waals surface area contributed by atoms with Crippen LogP contribution in [0.3, 0.4) is 0 Å². The van der Waals surface area contributed by atoms with Crippen molar-refractivity contribution in [2.45, 2.75) is 27.7 Å². The first-order chi connectivity index (χ1) is 14.9. The van der Waals surface area contributed by atoms with Gasteiger partial charge in [-0.3, -0.25) is 4.79 Å². The average Bonchev–Trinajstić information content (AvgIpc) is 3.07. The first kappa shape index (κ1) is 20.3. The molecular formula is C24H23N5O2. The standard InChI is InChI=1S/C24H23N5O2/c1-15-9-16(2)11-19(10-15)24(30)27-20-5-7-21(8-6-20)31-23-13-22(25-14-26-23)29-18(4)12-17(3)28-29/h5-14H,1-4H3,(H,27,30). The van der Waals surface area contributed by atoms with Gasteiger partial charge in [0.05, 0.1) is 5.69 Å². The number of amides is 1. The van der Waals surface area contributed by atoms with Crippen molar-refractivity contribution in [2.75, 3.05) is 5.32 Å². The van der Waals surface area contributed by atoms with Crippen molar-refractivity contribution >= 4 is 11.6 Å². The minimum Gasteiger partial charge on any atom is -0.439 e. The SMILES string of the molecule is Cc1cc(C)cc(C(=O)Nc2ccc(Oc3cc(-n4nc(C)cc4C)ncn3)cc2)c1. The zero-order valence-electron chi connectivity index (χ0n) is 17.9. The fraction of sp³-hybridized carbons (Fsp3) is 0.167. The molecule has 4 aromatic rings. The number of ether oxygens (including phenoxy) is 1. The van der Waals surface area contributed by atoms with Gasteiger partial charge < -0.3 is 10.1 Å². The van der Waals surface area contributed by atoms with E-state index in [4.69, 9.17) is 4.74 Å². The molecule has 7 heteroatoms. The molecule has 31 heavy (non-hydrogen) atoms. The van der Waals surface area contributed by atoms with Gasteiger partial charge in [0.2, 0.25) is 5.88 Å². The molecule has 0 fully saturated rings. The van der Waals surface area contributed by atoms with E-state index in [1.165, 1.54) is 6.33 Å². The van der Waals surface area contributed by atoms with Gasteiger partial charge >= 0.3 is 0 Å². The molecule has 7 nitrogen and oxygen atoms in total. The van der Waals surface area contributed by atoms with Gasteiger partial charge in [0.25, 0.3) is 5.91 Å². The lowest BCUT2D eigenvalue weighted by molar-refractivity contribution is 0.102. The number of carbonyl (C=O) groups excluding carboxylic acids is 1. The number of aromatic nitrogens is 4. The molecule has 2 aromatic carbocycles. The molecule has 0 atom stereocenters. The molecule has 2 aromatic heterocycles. The smallest absolute Gasteiger partial charge is 0.255 e. The van der Waals surface area contributed by atoms with E-state index in [2.05, 4.69) is 20.4 Å². The fourth-order valence-corrected chi connectivity index (χ4v) is 3.40. The second kappa shape index (κ2) is 8.39. The van der Waals surface area contributed by atoms with Crippen LogP contribution in [0.5, 0.6) is 11.6 Å². The van der Waals surface area contributed by atoms with E-state index in [1.54, 1.807) is 35.0 Å². The minimum absolute atomic E-state index is 0.147. The van der Waals surface area contributed by atoms with Crippen molar-refractivity contribution in [1.29, 1.82) is 0 Å². The Morgan fingerprint density at radius 2 is 1.61 bits per heavy atom. The van der Waals surface area contributed by atoms with Gasteiger partial charge in [-0.25, -0.2) is 14.6 Å². The summed E-state index contributed by atoms with van der Waals surface area (Å²) in [7, 11) is 0. The number of carbonyl (C=O) groups is 1. The van der Waals surface area contributed by atoms with Gasteiger partial charge in [-0.05, 0) is 70.2 Å². The maximum atomic E-state index is 12.5. The van der Waals surface area contributed by atoms with Gasteiger partial charge in [0.15, 0.2) is 5.82 Å². The summed E-state index contributed by atoms with van der Waals surface area (Å²) in [5.41, 5.74) is 5.32. The number of aryl methyl sites for hydroxylation is 4. The van der Waals surface area contributed by atoms with Crippen LogP contribution in [0.4, 0.5) is 5.69 Å². The van der Waals surface area contributed by atoms with Gasteiger partial charge in [-0.2, -0.15) is 5.10 Å². The quantitative estimate of drug-likeness (QED) is 0.501. The highest BCUT2D eigenvalue weighted by Crippen LogP contribution is 2.23. The average molecular weight is 413 g/mol. The highest BCUT2D eigenvalue weighted by molar-refractivity contribution is 6.04. The predicted molar refractivity (Wildman–Crippen MR) is 119 cm³/mol.